The van der Waals surface area contributed by atoms with E-state index in [2.05, 4.69) is 47.3 Å². The van der Waals surface area contributed by atoms with E-state index < -0.39 is 82.5 Å². The molecule has 0 bridgehead atoms. The van der Waals surface area contributed by atoms with Crippen molar-refractivity contribution in [2.24, 2.45) is 5.92 Å². The zero-order valence-corrected chi connectivity index (χ0v) is 51.6. The number of nitrogens with one attached hydrogen (secondary N) is 3. The van der Waals surface area contributed by atoms with Gasteiger partial charge in [0.05, 0.1) is 21.7 Å². The van der Waals surface area contributed by atoms with Crippen LogP contribution in [0.1, 0.15) is 88.0 Å². The molecule has 3 N–H and O–H groups in total. The summed E-state index contributed by atoms with van der Waals surface area (Å²) in [7, 11) is -11.0. The van der Waals surface area contributed by atoms with Crippen LogP contribution in [-0.2, 0) is 29.4 Å². The number of fused-ring (bicyclic) bond motifs is 1. The van der Waals surface area contributed by atoms with Crippen molar-refractivity contribution < 1.29 is 54.0 Å². The third-order valence-corrected chi connectivity index (χ3v) is 21.7. The number of piperazine rings is 2. The van der Waals surface area contributed by atoms with Crippen molar-refractivity contribution in [1.29, 1.82) is 0 Å². The number of allylic oxidation sites excluding steroid dienone is 1. The predicted molar refractivity (Wildman–Crippen MR) is 332 cm³/mol. The number of sulfone groups is 1. The molecule has 1 unspecified atom stereocenters. The van der Waals surface area contributed by atoms with Gasteiger partial charge in [0.15, 0.2) is 0 Å². The molecular weight excluding hydrogens is 1220 g/mol. The number of piperidine rings is 1. The number of alkyl halides is 3. The second-order valence-corrected chi connectivity index (χ2v) is 28.5. The topological polar surface area (TPSA) is 209 Å². The maximum Gasteiger partial charge on any atom is 0.501 e. The van der Waals surface area contributed by atoms with Crippen molar-refractivity contribution in [2.45, 2.75) is 83.6 Å². The molecule has 466 valence electrons. The zero-order chi connectivity index (χ0) is 61.9. The monoisotopic (exact) mass is 1280 g/mol. The van der Waals surface area contributed by atoms with Crippen LogP contribution in [0.5, 0.6) is 0 Å². The molecule has 5 aromatic carbocycles. The van der Waals surface area contributed by atoms with Crippen LogP contribution in [0.15, 0.2) is 136 Å². The summed E-state index contributed by atoms with van der Waals surface area (Å²) in [5.74, 6) is -2.63. The molecule has 4 saturated heterocycles. The van der Waals surface area contributed by atoms with Gasteiger partial charge in [-0.05, 0) is 135 Å². The summed E-state index contributed by atoms with van der Waals surface area (Å²) in [5, 5.41) is 5.97. The van der Waals surface area contributed by atoms with Crippen molar-refractivity contribution in [1.82, 2.24) is 29.6 Å². The zero-order valence-electron chi connectivity index (χ0n) is 48.4. The van der Waals surface area contributed by atoms with Crippen LogP contribution in [0.2, 0.25) is 5.02 Å². The second-order valence-electron chi connectivity index (χ2n) is 23.3. The molecular formula is C63H69ClF3N9O9S3. The predicted octanol–water partition coefficient (Wildman–Crippen LogP) is 8.41. The molecule has 0 spiro atoms. The molecule has 6 aliphatic rings. The molecule has 5 aliphatic heterocycles. The highest BCUT2D eigenvalue weighted by Crippen LogP contribution is 2.39. The minimum Gasteiger partial charge on any atom is -0.380 e. The van der Waals surface area contributed by atoms with Gasteiger partial charge in [0, 0.05) is 136 Å². The highest BCUT2D eigenvalue weighted by Gasteiger charge is 2.49. The Labute approximate surface area is 519 Å². The van der Waals surface area contributed by atoms with Crippen LogP contribution >= 0.6 is 23.4 Å². The SMILES string of the molecule is O=C1CCC(N2C(=O)c3ccc(N4CC(CN5CCN(CC[C@H](CSc6ccccc6)Nc6ccc(S(=O)(=O)NC(=O)c7ccc(N8CCN(CC9=C(c%10ccc(Cl)cc%10)CCCCC9)CC8)cc7)cc6S(=O)(=O)C(F)(F)F)CC5)C4)cc3C2=O)C(=O)N1. The lowest BCUT2D eigenvalue weighted by atomic mass is 9.95. The number of hydrogen-bond donors (Lipinski definition) is 3. The summed E-state index contributed by atoms with van der Waals surface area (Å²) < 4.78 is 99.9. The van der Waals surface area contributed by atoms with Crippen LogP contribution in [0.3, 0.4) is 0 Å². The normalized spacial score (nSPS) is 20.0. The van der Waals surface area contributed by atoms with E-state index in [1.165, 1.54) is 47.0 Å². The third-order valence-electron chi connectivity index (χ3n) is 17.5. The van der Waals surface area contributed by atoms with E-state index in [0.717, 1.165) is 124 Å². The van der Waals surface area contributed by atoms with Gasteiger partial charge in [-0.1, -0.05) is 53.9 Å². The molecule has 5 heterocycles. The molecule has 0 saturated carbocycles. The number of imide groups is 2. The highest BCUT2D eigenvalue weighted by molar-refractivity contribution is 7.99. The quantitative estimate of drug-likeness (QED) is 0.0494. The minimum absolute atomic E-state index is 0.0229. The number of nitrogens with zero attached hydrogens (tertiary/aromatic N) is 6. The number of benzene rings is 5. The molecule has 2 atom stereocenters. The third kappa shape index (κ3) is 14.3. The molecule has 0 aromatic heterocycles. The van der Waals surface area contributed by atoms with Gasteiger partial charge in [0.25, 0.3) is 37.6 Å². The van der Waals surface area contributed by atoms with Gasteiger partial charge in [-0.25, -0.2) is 21.6 Å². The van der Waals surface area contributed by atoms with Crippen molar-refractivity contribution in [3.8, 4) is 0 Å². The lowest BCUT2D eigenvalue weighted by Crippen LogP contribution is -2.55. The van der Waals surface area contributed by atoms with Crippen LogP contribution in [0.25, 0.3) is 5.57 Å². The first kappa shape index (κ1) is 62.8. The van der Waals surface area contributed by atoms with Crippen molar-refractivity contribution in [3.05, 3.63) is 148 Å². The van der Waals surface area contributed by atoms with Gasteiger partial charge < -0.3 is 24.9 Å². The van der Waals surface area contributed by atoms with E-state index in [0.29, 0.717) is 48.8 Å². The van der Waals surface area contributed by atoms with E-state index in [1.54, 1.807) is 30.3 Å². The molecule has 11 rings (SSSR count). The largest absolute Gasteiger partial charge is 0.501 e. The molecule has 1 aliphatic carbocycles. The average Bonchev–Trinajstić information content (AvgIpc) is 1.52. The molecule has 5 aromatic rings. The lowest BCUT2D eigenvalue weighted by molar-refractivity contribution is -0.136. The summed E-state index contributed by atoms with van der Waals surface area (Å²) in [6.45, 7) is 9.61. The van der Waals surface area contributed by atoms with Crippen LogP contribution in [0, 0.1) is 5.92 Å². The first-order valence-electron chi connectivity index (χ1n) is 29.7. The van der Waals surface area contributed by atoms with E-state index in [9.17, 15) is 54.0 Å². The maximum atomic E-state index is 14.5. The summed E-state index contributed by atoms with van der Waals surface area (Å²) >= 11 is 7.63. The Morgan fingerprint density at radius 3 is 2.08 bits per heavy atom. The Balaban J connectivity index is 0.691. The fourth-order valence-corrected chi connectivity index (χ4v) is 15.7. The number of carbonyl (C=O) groups excluding carboxylic acids is 5. The van der Waals surface area contributed by atoms with Gasteiger partial charge in [-0.15, -0.1) is 11.8 Å². The maximum absolute atomic E-state index is 14.5. The Bertz CT molecular complexity index is 3710. The molecule has 18 nitrogen and oxygen atoms in total. The van der Waals surface area contributed by atoms with Crippen molar-refractivity contribution >= 4 is 95.4 Å². The summed E-state index contributed by atoms with van der Waals surface area (Å²) in [4.78, 5) is 75.5. The van der Waals surface area contributed by atoms with Gasteiger partial charge >= 0.3 is 5.51 Å². The van der Waals surface area contributed by atoms with E-state index in [-0.39, 0.29) is 29.5 Å². The van der Waals surface area contributed by atoms with Crippen LogP contribution in [0.4, 0.5) is 30.2 Å². The van der Waals surface area contributed by atoms with Crippen LogP contribution < -0.4 is 25.2 Å². The van der Waals surface area contributed by atoms with Gasteiger partial charge in [-0.2, -0.15) is 13.2 Å². The Morgan fingerprint density at radius 2 is 1.38 bits per heavy atom. The number of thioether (sulfide) groups is 1. The Hall–Kier alpha value is -6.80. The highest BCUT2D eigenvalue weighted by atomic mass is 35.5. The Kier molecular flexibility index (Phi) is 19.1. The smallest absolute Gasteiger partial charge is 0.380 e. The number of carbonyl (C=O) groups is 5. The summed E-state index contributed by atoms with van der Waals surface area (Å²) in [6.07, 6.45) is 6.08. The van der Waals surface area contributed by atoms with E-state index in [1.807, 2.05) is 47.2 Å². The molecule has 0 radical (unpaired) electrons. The van der Waals surface area contributed by atoms with E-state index >= 15 is 0 Å². The first-order chi connectivity index (χ1) is 42.2. The molecule has 25 heteroatoms. The van der Waals surface area contributed by atoms with Crippen molar-refractivity contribution in [2.75, 3.05) is 106 Å². The first-order valence-corrected chi connectivity index (χ1v) is 34.1. The van der Waals surface area contributed by atoms with Gasteiger partial charge in [0.1, 0.15) is 10.9 Å². The van der Waals surface area contributed by atoms with Crippen molar-refractivity contribution in [3.63, 3.8) is 0 Å². The minimum atomic E-state index is -6.14. The summed E-state index contributed by atoms with van der Waals surface area (Å²) in [6, 6.07) is 29.7. The second kappa shape index (κ2) is 26.7. The van der Waals surface area contributed by atoms with Gasteiger partial charge in [-0.3, -0.25) is 39.1 Å². The number of sulfonamides is 1. The molecule has 4 fully saturated rings. The standard InChI is InChI=1S/C63H69ClF3N9O9S3/c64-46-15-11-43(12-16-46)52-10-6-1-3-7-45(52)40-73-31-33-74(34-32-73)48-17-13-44(14-18-48)59(78)70-88(84,85)51-20-22-55(57(36-51)87(82,83)63(65,66)67)68-47(41-86-50-8-4-2-5-9-50)25-26-71-27-29-72(30-28-71)37-42-38-75(39-42)49-19-21-53-54(35-49)62(81)76(61(53)80)56-23-24-58(77)69-60(56)79/h2,4-5,8-9,11-22,35-36,42,47,56,68H,1,3,6-7,10,23-34,37-41H2,(H,70,78)(H,69,77,79)/t47-,56?/m1/s1. The fraction of sp³-hybridized carbons (Fsp3) is 0.413. The number of rotatable bonds is 20. The lowest BCUT2D eigenvalue weighted by Gasteiger charge is -2.45. The van der Waals surface area contributed by atoms with Gasteiger partial charge in [0.2, 0.25) is 11.8 Å². The molecule has 88 heavy (non-hydrogen) atoms. The number of amides is 5. The average molecular weight is 1280 g/mol. The number of anilines is 3. The fourth-order valence-electron chi connectivity index (χ4n) is 12.5. The number of halogens is 4. The Morgan fingerprint density at radius 1 is 0.705 bits per heavy atom. The number of hydrogen-bond acceptors (Lipinski definition) is 16. The summed E-state index contributed by atoms with van der Waals surface area (Å²) in [5.41, 5.74) is -0.108. The van der Waals surface area contributed by atoms with E-state index in [4.69, 9.17) is 11.6 Å². The molecule has 5 amide bonds. The van der Waals surface area contributed by atoms with Crippen LogP contribution in [-0.4, -0.2) is 174 Å².